The maximum absolute atomic E-state index is 12.7. The molecule has 1 atom stereocenters. The summed E-state index contributed by atoms with van der Waals surface area (Å²) in [6.07, 6.45) is 0.822. The molecule has 6 nitrogen and oxygen atoms in total. The zero-order valence-electron chi connectivity index (χ0n) is 17.4. The molecule has 0 saturated heterocycles. The van der Waals surface area contributed by atoms with Gasteiger partial charge in [0.2, 0.25) is 0 Å². The number of ether oxygens (including phenoxy) is 1. The molecule has 7 heteroatoms. The summed E-state index contributed by atoms with van der Waals surface area (Å²) < 4.78 is 33.3. The maximum atomic E-state index is 12.7. The largest absolute Gasteiger partial charge is 0.484 e. The zero-order valence-corrected chi connectivity index (χ0v) is 18.2. The Morgan fingerprint density at radius 2 is 1.71 bits per heavy atom. The fraction of sp³-hybridized carbons (Fsp3) is 0.208. The summed E-state index contributed by atoms with van der Waals surface area (Å²) in [5.74, 6) is 0.304. The fourth-order valence-electron chi connectivity index (χ4n) is 3.71. The van der Waals surface area contributed by atoms with Crippen molar-refractivity contribution in [3.8, 4) is 5.75 Å². The van der Waals surface area contributed by atoms with Crippen LogP contribution >= 0.6 is 0 Å². The molecule has 3 aromatic carbocycles. The van der Waals surface area contributed by atoms with Crippen LogP contribution in [-0.2, 0) is 21.2 Å². The minimum Gasteiger partial charge on any atom is -0.484 e. The number of fused-ring (bicyclic) bond motifs is 1. The SMILES string of the molecule is Cc1ccc(NS(=O)(=O)c2ccc(OCC(=O)N3c4ccccc4CC3C)cc2)cc1. The van der Waals surface area contributed by atoms with Gasteiger partial charge in [-0.1, -0.05) is 35.9 Å². The highest BCUT2D eigenvalue weighted by atomic mass is 32.2. The Labute approximate surface area is 182 Å². The molecule has 0 bridgehead atoms. The first-order valence-corrected chi connectivity index (χ1v) is 11.5. The van der Waals surface area contributed by atoms with Crippen molar-refractivity contribution in [2.24, 2.45) is 0 Å². The first-order valence-electron chi connectivity index (χ1n) is 10.1. The van der Waals surface area contributed by atoms with Crippen LogP contribution in [0.2, 0.25) is 0 Å². The molecule has 160 valence electrons. The lowest BCUT2D eigenvalue weighted by Crippen LogP contribution is -2.39. The van der Waals surface area contributed by atoms with Crippen molar-refractivity contribution < 1.29 is 17.9 Å². The van der Waals surface area contributed by atoms with Crippen molar-refractivity contribution in [2.75, 3.05) is 16.2 Å². The lowest BCUT2D eigenvalue weighted by molar-refractivity contribution is -0.120. The minimum absolute atomic E-state index is 0.0777. The van der Waals surface area contributed by atoms with Gasteiger partial charge in [-0.3, -0.25) is 9.52 Å². The van der Waals surface area contributed by atoms with Crippen LogP contribution in [0.3, 0.4) is 0 Å². The zero-order chi connectivity index (χ0) is 22.0. The van der Waals surface area contributed by atoms with Gasteiger partial charge in [0.15, 0.2) is 6.61 Å². The predicted octanol–water partition coefficient (Wildman–Crippen LogP) is 4.15. The van der Waals surface area contributed by atoms with Crippen LogP contribution < -0.4 is 14.4 Å². The van der Waals surface area contributed by atoms with E-state index in [1.807, 2.05) is 50.2 Å². The number of hydrogen-bond acceptors (Lipinski definition) is 4. The lowest BCUT2D eigenvalue weighted by Gasteiger charge is -2.22. The second kappa shape index (κ2) is 8.43. The van der Waals surface area contributed by atoms with Crippen molar-refractivity contribution in [1.29, 1.82) is 0 Å². The van der Waals surface area contributed by atoms with E-state index in [1.165, 1.54) is 12.1 Å². The smallest absolute Gasteiger partial charge is 0.265 e. The third-order valence-electron chi connectivity index (χ3n) is 5.28. The number of nitrogens with zero attached hydrogens (tertiary/aromatic N) is 1. The third-order valence-corrected chi connectivity index (χ3v) is 6.67. The number of aryl methyl sites for hydroxylation is 1. The van der Waals surface area contributed by atoms with Gasteiger partial charge in [0, 0.05) is 17.4 Å². The normalized spacial score (nSPS) is 15.4. The average Bonchev–Trinajstić information content (AvgIpc) is 3.09. The molecule has 1 aliphatic rings. The molecular weight excluding hydrogens is 412 g/mol. The number of amides is 1. The Bertz CT molecular complexity index is 1190. The van der Waals surface area contributed by atoms with E-state index in [4.69, 9.17) is 4.74 Å². The van der Waals surface area contributed by atoms with E-state index in [1.54, 1.807) is 29.2 Å². The second-order valence-electron chi connectivity index (χ2n) is 7.68. The molecule has 0 saturated carbocycles. The van der Waals surface area contributed by atoms with E-state index in [2.05, 4.69) is 4.72 Å². The maximum Gasteiger partial charge on any atom is 0.265 e. The number of carbonyl (C=O) groups is 1. The van der Waals surface area contributed by atoms with E-state index in [-0.39, 0.29) is 23.5 Å². The Balaban J connectivity index is 1.40. The molecular formula is C24H24N2O4S. The molecule has 0 spiro atoms. The van der Waals surface area contributed by atoms with Crippen molar-refractivity contribution in [1.82, 2.24) is 0 Å². The molecule has 1 amide bonds. The highest BCUT2D eigenvalue weighted by Crippen LogP contribution is 2.32. The van der Waals surface area contributed by atoms with Gasteiger partial charge in [-0.05, 0) is 68.3 Å². The van der Waals surface area contributed by atoms with Crippen molar-refractivity contribution in [3.63, 3.8) is 0 Å². The van der Waals surface area contributed by atoms with Crippen LogP contribution in [0.5, 0.6) is 5.75 Å². The Morgan fingerprint density at radius 3 is 2.42 bits per heavy atom. The van der Waals surface area contributed by atoms with Crippen molar-refractivity contribution in [2.45, 2.75) is 31.2 Å². The minimum atomic E-state index is -3.71. The summed E-state index contributed by atoms with van der Waals surface area (Å²) in [5.41, 5.74) is 3.62. The van der Waals surface area contributed by atoms with E-state index in [0.29, 0.717) is 11.4 Å². The van der Waals surface area contributed by atoms with Crippen molar-refractivity contribution >= 4 is 27.3 Å². The number of anilines is 2. The van der Waals surface area contributed by atoms with Gasteiger partial charge in [0.05, 0.1) is 4.90 Å². The van der Waals surface area contributed by atoms with Crippen LogP contribution in [0.25, 0.3) is 0 Å². The van der Waals surface area contributed by atoms with Gasteiger partial charge in [-0.25, -0.2) is 8.42 Å². The Hall–Kier alpha value is -3.32. The van der Waals surface area contributed by atoms with E-state index in [9.17, 15) is 13.2 Å². The number of sulfonamides is 1. The monoisotopic (exact) mass is 436 g/mol. The van der Waals surface area contributed by atoms with Gasteiger partial charge >= 0.3 is 0 Å². The van der Waals surface area contributed by atoms with Crippen LogP contribution in [0, 0.1) is 6.92 Å². The van der Waals surface area contributed by atoms with Crippen LogP contribution in [0.15, 0.2) is 77.7 Å². The summed E-state index contributed by atoms with van der Waals surface area (Å²) in [7, 11) is -3.71. The fourth-order valence-corrected chi connectivity index (χ4v) is 4.77. The molecule has 31 heavy (non-hydrogen) atoms. The molecule has 4 rings (SSSR count). The first-order chi connectivity index (χ1) is 14.8. The summed E-state index contributed by atoms with van der Waals surface area (Å²) in [6.45, 7) is 3.83. The molecule has 0 aliphatic carbocycles. The van der Waals surface area contributed by atoms with Gasteiger partial charge in [0.1, 0.15) is 5.75 Å². The van der Waals surface area contributed by atoms with E-state index >= 15 is 0 Å². The standard InChI is InChI=1S/C24H24N2O4S/c1-17-7-9-20(10-8-17)25-31(28,29)22-13-11-21(12-14-22)30-16-24(27)26-18(2)15-19-5-3-4-6-23(19)26/h3-14,18,25H,15-16H2,1-2H3. The van der Waals surface area contributed by atoms with E-state index < -0.39 is 10.0 Å². The topological polar surface area (TPSA) is 75.7 Å². The number of rotatable bonds is 6. The van der Waals surface area contributed by atoms with Crippen molar-refractivity contribution in [3.05, 3.63) is 83.9 Å². The number of hydrogen-bond donors (Lipinski definition) is 1. The Kier molecular flexibility index (Phi) is 5.69. The third kappa shape index (κ3) is 4.56. The summed E-state index contributed by atoms with van der Waals surface area (Å²) in [6, 6.07) is 21.1. The van der Waals surface area contributed by atoms with Gasteiger partial charge in [-0.15, -0.1) is 0 Å². The average molecular weight is 437 g/mol. The highest BCUT2D eigenvalue weighted by molar-refractivity contribution is 7.92. The Morgan fingerprint density at radius 1 is 1.03 bits per heavy atom. The molecule has 1 N–H and O–H groups in total. The number of nitrogens with one attached hydrogen (secondary N) is 1. The molecule has 0 aromatic heterocycles. The molecule has 1 unspecified atom stereocenters. The second-order valence-corrected chi connectivity index (χ2v) is 9.36. The van der Waals surface area contributed by atoms with Crippen LogP contribution in [-0.4, -0.2) is 27.0 Å². The van der Waals surface area contributed by atoms with Gasteiger partial charge < -0.3 is 9.64 Å². The number of carbonyl (C=O) groups excluding carboxylic acids is 1. The number of benzene rings is 3. The van der Waals surface area contributed by atoms with Gasteiger partial charge in [-0.2, -0.15) is 0 Å². The highest BCUT2D eigenvalue weighted by Gasteiger charge is 2.30. The molecule has 3 aromatic rings. The molecule has 0 radical (unpaired) electrons. The summed E-state index contributed by atoms with van der Waals surface area (Å²) >= 11 is 0. The molecule has 0 fully saturated rings. The van der Waals surface area contributed by atoms with E-state index in [0.717, 1.165) is 23.2 Å². The first kappa shape index (κ1) is 20.9. The molecule has 1 aliphatic heterocycles. The molecule has 1 heterocycles. The summed E-state index contributed by atoms with van der Waals surface area (Å²) in [5, 5.41) is 0. The van der Waals surface area contributed by atoms with Crippen LogP contribution in [0.1, 0.15) is 18.1 Å². The quantitative estimate of drug-likeness (QED) is 0.630. The van der Waals surface area contributed by atoms with Crippen LogP contribution in [0.4, 0.5) is 11.4 Å². The van der Waals surface area contributed by atoms with Gasteiger partial charge in [0.25, 0.3) is 15.9 Å². The number of para-hydroxylation sites is 1. The lowest BCUT2D eigenvalue weighted by atomic mass is 10.1. The predicted molar refractivity (Wildman–Crippen MR) is 121 cm³/mol. The summed E-state index contributed by atoms with van der Waals surface area (Å²) in [4.78, 5) is 14.6.